The van der Waals surface area contributed by atoms with Gasteiger partial charge >= 0.3 is 5.97 Å². The van der Waals surface area contributed by atoms with Crippen molar-refractivity contribution < 1.29 is 56.9 Å². The fraction of sp³-hybridized carbons (Fsp3) is 0.364. The number of carboxylic acids is 1. The Morgan fingerprint density at radius 2 is 1.66 bits per heavy atom. The van der Waals surface area contributed by atoms with Crippen molar-refractivity contribution in [2.45, 2.75) is 40.2 Å². The number of carboxylic acid groups (broad SMARTS) is 1. The molecule has 0 aliphatic carbocycles. The van der Waals surface area contributed by atoms with Gasteiger partial charge in [-0.25, -0.2) is 0 Å². The van der Waals surface area contributed by atoms with E-state index in [2.05, 4.69) is 11.4 Å². The third kappa shape index (κ3) is 5.80. The zero-order valence-corrected chi connectivity index (χ0v) is 20.5. The molecule has 0 aliphatic rings. The molecule has 0 aliphatic heterocycles. The summed E-state index contributed by atoms with van der Waals surface area (Å²) in [6, 6.07) is 7.25. The van der Waals surface area contributed by atoms with Gasteiger partial charge in [0.2, 0.25) is 0 Å². The number of hydrogen-bond acceptors (Lipinski definition) is 4. The number of carbonyl (C=O) groups is 2. The fourth-order valence-corrected chi connectivity index (χ4v) is 3.01. The molecule has 153 valence electrons. The largest absolute Gasteiger partial charge is 0.688 e. The minimum atomic E-state index is -1.05. The van der Waals surface area contributed by atoms with Crippen molar-refractivity contribution in [3.63, 3.8) is 0 Å². The van der Waals surface area contributed by atoms with Crippen LogP contribution in [-0.4, -0.2) is 31.2 Å². The molecule has 0 bridgehead atoms. The summed E-state index contributed by atoms with van der Waals surface area (Å²) < 4.78 is 10.5. The number of nitrogens with zero attached hydrogens (tertiary/aromatic N) is 1. The molecule has 2 aromatic rings. The summed E-state index contributed by atoms with van der Waals surface area (Å²) in [6.45, 7) is 7.67. The second-order valence-corrected chi connectivity index (χ2v) is 6.66. The van der Waals surface area contributed by atoms with Gasteiger partial charge in [0.05, 0.1) is 14.2 Å². The first-order chi connectivity index (χ1) is 13.2. The Balaban J connectivity index is 0.00000420. The van der Waals surface area contributed by atoms with E-state index in [-0.39, 0.29) is 39.1 Å². The molecule has 2 rings (SSSR count). The number of benzene rings is 2. The molecule has 0 aromatic heterocycles. The normalized spacial score (nSPS) is 11.2. The van der Waals surface area contributed by atoms with Gasteiger partial charge in [-0.15, -0.1) is 33.9 Å². The van der Waals surface area contributed by atoms with Crippen molar-refractivity contribution in [1.82, 2.24) is 0 Å². The second-order valence-electron chi connectivity index (χ2n) is 6.66. The van der Waals surface area contributed by atoms with Crippen molar-refractivity contribution in [3.05, 3.63) is 63.0 Å². The minimum absolute atomic E-state index is 0. The summed E-state index contributed by atoms with van der Waals surface area (Å²) in [5, 5.41) is 13.5. The Hall–Kier alpha value is -1.92. The monoisotopic (exact) mass is 472 g/mol. The third-order valence-corrected chi connectivity index (χ3v) is 5.02. The van der Waals surface area contributed by atoms with Crippen molar-refractivity contribution in [3.8, 4) is 11.5 Å². The first-order valence-electron chi connectivity index (χ1n) is 8.88. The van der Waals surface area contributed by atoms with E-state index in [1.165, 1.54) is 14.2 Å². The summed E-state index contributed by atoms with van der Waals surface area (Å²) in [5.74, 6) is -0.568. The van der Waals surface area contributed by atoms with Crippen LogP contribution >= 0.6 is 0 Å². The van der Waals surface area contributed by atoms with Crippen LogP contribution in [0.25, 0.3) is 5.32 Å². The van der Waals surface area contributed by atoms with Crippen LogP contribution in [0.1, 0.15) is 50.6 Å². The number of methoxy groups -OCH3 is 2. The first kappa shape index (κ1) is 25.1. The van der Waals surface area contributed by atoms with Gasteiger partial charge < -0.3 is 24.7 Å². The number of amides is 1. The smallest absolute Gasteiger partial charge is 0.302 e. The molecule has 1 N–H and O–H groups in total. The molecular formula is C22H25NO5Y-2. The van der Waals surface area contributed by atoms with Gasteiger partial charge in [-0.05, 0) is 18.0 Å². The van der Waals surface area contributed by atoms with E-state index >= 15 is 0 Å². The van der Waals surface area contributed by atoms with Crippen LogP contribution in [-0.2, 0) is 37.5 Å². The summed E-state index contributed by atoms with van der Waals surface area (Å²) in [5.41, 5.74) is 4.70. The van der Waals surface area contributed by atoms with Crippen molar-refractivity contribution in [1.29, 1.82) is 0 Å². The topological polar surface area (TPSA) is 86.9 Å². The number of rotatable bonds is 7. The van der Waals surface area contributed by atoms with Crippen LogP contribution in [0, 0.1) is 33.8 Å². The van der Waals surface area contributed by atoms with Crippen LogP contribution in [0.2, 0.25) is 0 Å². The molecule has 29 heavy (non-hydrogen) atoms. The molecule has 0 saturated heterocycles. The van der Waals surface area contributed by atoms with E-state index < -0.39 is 17.9 Å². The zero-order valence-electron chi connectivity index (χ0n) is 17.6. The third-order valence-electron chi connectivity index (χ3n) is 5.02. The van der Waals surface area contributed by atoms with Gasteiger partial charge in [0.25, 0.3) is 0 Å². The summed E-state index contributed by atoms with van der Waals surface area (Å²) >= 11 is 0. The Labute approximate surface area is 196 Å². The summed E-state index contributed by atoms with van der Waals surface area (Å²) in [6.07, 6.45) is -0.315. The molecule has 0 spiro atoms. The number of aryl methyl sites for hydroxylation is 1. The quantitative estimate of drug-likeness (QED) is 0.602. The number of ether oxygens (including phenoxy) is 2. The molecule has 1 atom stereocenters. The Morgan fingerprint density at radius 1 is 1.03 bits per heavy atom. The maximum absolute atomic E-state index is 12.9. The van der Waals surface area contributed by atoms with Gasteiger partial charge in [-0.1, -0.05) is 45.4 Å². The molecule has 2 aromatic carbocycles. The van der Waals surface area contributed by atoms with Crippen LogP contribution in [0.5, 0.6) is 11.5 Å². The van der Waals surface area contributed by atoms with Gasteiger partial charge in [-0.3, -0.25) is 4.79 Å². The molecule has 1 amide bonds. The molecule has 1 radical (unpaired) electrons. The Morgan fingerprint density at radius 3 is 2.21 bits per heavy atom. The van der Waals surface area contributed by atoms with Crippen molar-refractivity contribution >= 4 is 11.9 Å². The Bertz CT molecular complexity index is 911. The average Bonchev–Trinajstić information content (AvgIpc) is 2.67. The fourth-order valence-electron chi connectivity index (χ4n) is 3.01. The molecule has 6 nitrogen and oxygen atoms in total. The summed E-state index contributed by atoms with van der Waals surface area (Å²) in [4.78, 5) is 24.2. The Kier molecular flexibility index (Phi) is 9.31. The van der Waals surface area contributed by atoms with Crippen molar-refractivity contribution in [2.75, 3.05) is 14.2 Å². The van der Waals surface area contributed by atoms with Crippen LogP contribution in [0.15, 0.2) is 18.2 Å². The van der Waals surface area contributed by atoms with E-state index in [1.54, 1.807) is 18.2 Å². The molecule has 0 heterocycles. The summed E-state index contributed by atoms with van der Waals surface area (Å²) in [7, 11) is 3.01. The molecule has 7 heteroatoms. The zero-order chi connectivity index (χ0) is 21.0. The van der Waals surface area contributed by atoms with Gasteiger partial charge in [-0.2, -0.15) is 0 Å². The second kappa shape index (κ2) is 10.7. The van der Waals surface area contributed by atoms with E-state index in [9.17, 15) is 14.7 Å². The number of hydrogen-bond donors (Lipinski definition) is 1. The van der Waals surface area contributed by atoms with Crippen molar-refractivity contribution in [2.24, 2.45) is 0 Å². The average molecular weight is 472 g/mol. The van der Waals surface area contributed by atoms with Gasteiger partial charge in [0, 0.05) is 39.1 Å². The first-order valence-corrected chi connectivity index (χ1v) is 8.88. The molecule has 0 saturated carbocycles. The van der Waals surface area contributed by atoms with Gasteiger partial charge in [0.1, 0.15) is 0 Å². The van der Waals surface area contributed by atoms with E-state index in [0.717, 1.165) is 22.3 Å². The van der Waals surface area contributed by atoms with E-state index in [4.69, 9.17) is 9.47 Å². The molecular weight excluding hydrogens is 447 g/mol. The number of carbonyl (C=O) groups excluding carboxylic acids is 1. The van der Waals surface area contributed by atoms with Gasteiger partial charge in [0.15, 0.2) is 11.5 Å². The predicted molar refractivity (Wildman–Crippen MR) is 106 cm³/mol. The van der Waals surface area contributed by atoms with Crippen LogP contribution < -0.4 is 9.47 Å². The molecule has 1 unspecified atom stereocenters. The maximum Gasteiger partial charge on any atom is 0.302 e. The van der Waals surface area contributed by atoms with Crippen LogP contribution in [0.3, 0.4) is 0 Å². The van der Waals surface area contributed by atoms with E-state index in [0.29, 0.717) is 22.6 Å². The predicted octanol–water partition coefficient (Wildman–Crippen LogP) is 4.47. The standard InChI is InChI=1S/C22H26NO5.Y/c1-12-9-17(15(4)14(3)13(12)2)22(26)23-18(11-21(24)25)16-7-8-19(27-5)20(10-16)28-6;/h7-8,10,18H,11H2,1-6H3,(H2,23,24,25,26);/q-1;/p-1. The van der Waals surface area contributed by atoms with Crippen LogP contribution in [0.4, 0.5) is 0 Å². The van der Waals surface area contributed by atoms with E-state index in [1.807, 2.05) is 27.7 Å². The number of aliphatic carboxylic acids is 1. The maximum atomic E-state index is 12.9. The molecule has 0 fully saturated rings. The minimum Gasteiger partial charge on any atom is -0.688 e. The SMILES string of the molecule is COc1ccc(C(CC(=O)O)[N-]C(=O)c2[c-]c(C)c(C)c(C)c2C)cc1OC.[Y].